The predicted octanol–water partition coefficient (Wildman–Crippen LogP) is 3.14. The summed E-state index contributed by atoms with van der Waals surface area (Å²) in [6.07, 6.45) is 4.37. The molecule has 0 radical (unpaired) electrons. The standard InChI is InChI=1S/C19H26BrN2O7P/c1-18(2,3)14(24)28-17(29-15(25)19(4,5)6)30(27)10-8-7-9-22-11-12(20)13(23)21-16(22)26/h7-8,11,17H,9-10H2,1-6H3/p+1/b8-7+. The minimum atomic E-state index is -2.28. The second-order valence-corrected chi connectivity index (χ2v) is 11.1. The van der Waals surface area contributed by atoms with E-state index in [1.165, 1.54) is 16.8 Å². The first-order chi connectivity index (χ1) is 13.6. The maximum atomic E-state index is 12.7. The van der Waals surface area contributed by atoms with Crippen LogP contribution < -0.4 is 11.2 Å². The second-order valence-electron chi connectivity index (χ2n) is 8.58. The number of halogens is 1. The van der Waals surface area contributed by atoms with Crippen molar-refractivity contribution < 1.29 is 23.6 Å². The number of hydrogen-bond donors (Lipinski definition) is 1. The molecule has 1 heterocycles. The number of ether oxygens (including phenoxy) is 2. The zero-order chi connectivity index (χ0) is 23.3. The van der Waals surface area contributed by atoms with Gasteiger partial charge in [0, 0.05) is 12.7 Å². The normalized spacial score (nSPS) is 12.9. The molecule has 1 N–H and O–H groups in total. The van der Waals surface area contributed by atoms with E-state index in [9.17, 15) is 23.7 Å². The van der Waals surface area contributed by atoms with Gasteiger partial charge >= 0.3 is 31.5 Å². The summed E-state index contributed by atoms with van der Waals surface area (Å²) in [7, 11) is -2.28. The first-order valence-electron chi connectivity index (χ1n) is 9.13. The Kier molecular flexibility index (Phi) is 8.92. The van der Waals surface area contributed by atoms with Gasteiger partial charge in [0.15, 0.2) is 6.16 Å². The molecule has 0 fully saturated rings. The number of hydrogen-bond acceptors (Lipinski definition) is 7. The molecule has 0 saturated heterocycles. The van der Waals surface area contributed by atoms with E-state index in [1.54, 1.807) is 47.6 Å². The summed E-state index contributed by atoms with van der Waals surface area (Å²) in [4.78, 5) is 49.6. The smallest absolute Gasteiger partial charge is 0.384 e. The van der Waals surface area contributed by atoms with E-state index in [2.05, 4.69) is 20.9 Å². The highest BCUT2D eigenvalue weighted by molar-refractivity contribution is 9.10. The van der Waals surface area contributed by atoms with Crippen LogP contribution in [-0.4, -0.2) is 33.7 Å². The quantitative estimate of drug-likeness (QED) is 0.261. The number of rotatable bonds is 7. The summed E-state index contributed by atoms with van der Waals surface area (Å²) in [5.41, 5.74) is -2.85. The Hall–Kier alpha value is -2.06. The Bertz CT molecular complexity index is 923. The molecule has 0 saturated carbocycles. The maximum Gasteiger partial charge on any atom is 0.451 e. The van der Waals surface area contributed by atoms with E-state index in [0.717, 1.165) is 0 Å². The molecule has 0 spiro atoms. The molecule has 1 unspecified atom stereocenters. The van der Waals surface area contributed by atoms with Crippen molar-refractivity contribution in [3.63, 3.8) is 0 Å². The molecule has 0 bridgehead atoms. The third kappa shape index (κ3) is 7.99. The van der Waals surface area contributed by atoms with Crippen molar-refractivity contribution in [1.82, 2.24) is 9.55 Å². The summed E-state index contributed by atoms with van der Waals surface area (Å²) < 4.78 is 24.5. The van der Waals surface area contributed by atoms with Crippen LogP contribution in [0.5, 0.6) is 0 Å². The highest BCUT2D eigenvalue weighted by Gasteiger charge is 2.41. The van der Waals surface area contributed by atoms with Crippen molar-refractivity contribution in [2.75, 3.05) is 6.16 Å². The molecule has 166 valence electrons. The lowest BCUT2D eigenvalue weighted by atomic mass is 9.97. The summed E-state index contributed by atoms with van der Waals surface area (Å²) in [5.74, 6) is -1.29. The van der Waals surface area contributed by atoms with Gasteiger partial charge < -0.3 is 9.47 Å². The minimum Gasteiger partial charge on any atom is -0.384 e. The first kappa shape index (κ1) is 26.0. The highest BCUT2D eigenvalue weighted by Crippen LogP contribution is 2.34. The number of allylic oxidation sites excluding steroid dienone is 2. The molecule has 1 aromatic heterocycles. The predicted molar refractivity (Wildman–Crippen MR) is 116 cm³/mol. The van der Waals surface area contributed by atoms with Crippen LogP contribution in [0.3, 0.4) is 0 Å². The topological polar surface area (TPSA) is 125 Å². The zero-order valence-corrected chi connectivity index (χ0v) is 20.3. The highest BCUT2D eigenvalue weighted by atomic mass is 79.9. The van der Waals surface area contributed by atoms with Gasteiger partial charge in [-0.25, -0.2) is 4.79 Å². The van der Waals surface area contributed by atoms with Gasteiger partial charge in [0.05, 0.1) is 15.3 Å². The monoisotopic (exact) mass is 505 g/mol. The van der Waals surface area contributed by atoms with E-state index in [4.69, 9.17) is 9.47 Å². The molecule has 0 amide bonds. The van der Waals surface area contributed by atoms with Crippen LogP contribution in [-0.2, 0) is 30.2 Å². The van der Waals surface area contributed by atoms with E-state index in [1.807, 2.05) is 0 Å². The van der Waals surface area contributed by atoms with Crippen molar-refractivity contribution in [3.05, 3.63) is 43.7 Å². The minimum absolute atomic E-state index is 0.0475. The lowest BCUT2D eigenvalue weighted by Crippen LogP contribution is -2.33. The van der Waals surface area contributed by atoms with E-state index >= 15 is 0 Å². The number of carbonyl (C=O) groups is 2. The number of H-pyrrole nitrogens is 1. The van der Waals surface area contributed by atoms with Gasteiger partial charge in [-0.05, 0) is 63.5 Å². The van der Waals surface area contributed by atoms with Crippen LogP contribution in [0.25, 0.3) is 0 Å². The molecule has 0 aliphatic rings. The van der Waals surface area contributed by atoms with Gasteiger partial charge in [-0.1, -0.05) is 10.6 Å². The lowest BCUT2D eigenvalue weighted by molar-refractivity contribution is -0.184. The molecule has 1 rings (SSSR count). The zero-order valence-electron chi connectivity index (χ0n) is 17.9. The van der Waals surface area contributed by atoms with Crippen LogP contribution in [0.15, 0.2) is 32.4 Å². The Morgan fingerprint density at radius 3 is 2.07 bits per heavy atom. The number of nitrogens with one attached hydrogen (secondary N) is 1. The average molecular weight is 506 g/mol. The third-order valence-corrected chi connectivity index (χ3v) is 5.41. The van der Waals surface area contributed by atoms with Gasteiger partial charge in [-0.15, -0.1) is 0 Å². The van der Waals surface area contributed by atoms with Crippen LogP contribution in [0.4, 0.5) is 0 Å². The van der Waals surface area contributed by atoms with Crippen LogP contribution >= 0.6 is 23.7 Å². The number of esters is 2. The molecule has 9 nitrogen and oxygen atoms in total. The second kappa shape index (κ2) is 10.3. The Labute approximate surface area is 183 Å². The van der Waals surface area contributed by atoms with Gasteiger partial charge in [-0.3, -0.25) is 23.9 Å². The van der Waals surface area contributed by atoms with Crippen molar-refractivity contribution in [1.29, 1.82) is 0 Å². The first-order valence-corrected chi connectivity index (χ1v) is 11.4. The summed E-state index contributed by atoms with van der Waals surface area (Å²) in [6.45, 7) is 9.90. The molecule has 0 aliphatic heterocycles. The Morgan fingerprint density at radius 1 is 1.10 bits per heavy atom. The van der Waals surface area contributed by atoms with Crippen molar-refractivity contribution >= 4 is 35.7 Å². The van der Waals surface area contributed by atoms with Gasteiger partial charge in [0.2, 0.25) is 0 Å². The van der Waals surface area contributed by atoms with E-state index < -0.39 is 47.8 Å². The fourth-order valence-electron chi connectivity index (χ4n) is 1.75. The van der Waals surface area contributed by atoms with Crippen molar-refractivity contribution in [2.24, 2.45) is 10.8 Å². The molecular formula is C19H27BrN2O7P+. The lowest BCUT2D eigenvalue weighted by Gasteiger charge is -2.21. The maximum absolute atomic E-state index is 12.7. The van der Waals surface area contributed by atoms with E-state index in [0.29, 0.717) is 0 Å². The average Bonchev–Trinajstić information content (AvgIpc) is 2.60. The number of nitrogens with zero attached hydrogens (tertiary/aromatic N) is 1. The SMILES string of the molecule is CC(C)(C)C(=O)OC(OC(=O)C(C)(C)C)[P+](=O)C/C=C/Cn1cc(Br)c(=O)[nH]c1=O. The van der Waals surface area contributed by atoms with Gasteiger partial charge in [0.25, 0.3) is 5.56 Å². The fourth-order valence-corrected chi connectivity index (χ4v) is 3.05. The molecule has 0 aromatic carbocycles. The van der Waals surface area contributed by atoms with Crippen LogP contribution in [0.1, 0.15) is 41.5 Å². The number of aromatic amines is 1. The fraction of sp³-hybridized carbons (Fsp3) is 0.579. The largest absolute Gasteiger partial charge is 0.451 e. The molecule has 30 heavy (non-hydrogen) atoms. The number of carbonyl (C=O) groups excluding carboxylic acids is 2. The van der Waals surface area contributed by atoms with Crippen LogP contribution in [0, 0.1) is 10.8 Å². The van der Waals surface area contributed by atoms with Gasteiger partial charge in [0.1, 0.15) is 0 Å². The Balaban J connectivity index is 2.88. The van der Waals surface area contributed by atoms with Crippen LogP contribution in [0.2, 0.25) is 0 Å². The Morgan fingerprint density at radius 2 is 1.60 bits per heavy atom. The molecule has 0 aliphatic carbocycles. The van der Waals surface area contributed by atoms with Gasteiger partial charge in [-0.2, -0.15) is 0 Å². The molecular weight excluding hydrogens is 479 g/mol. The third-order valence-electron chi connectivity index (χ3n) is 3.60. The summed E-state index contributed by atoms with van der Waals surface area (Å²) in [5, 5.41) is 0. The summed E-state index contributed by atoms with van der Waals surface area (Å²) >= 11 is 3.04. The molecule has 1 atom stereocenters. The van der Waals surface area contributed by atoms with E-state index in [-0.39, 0.29) is 17.2 Å². The molecule has 1 aromatic rings. The number of aromatic nitrogens is 2. The molecule has 11 heteroatoms. The van der Waals surface area contributed by atoms with Crippen molar-refractivity contribution in [3.8, 4) is 0 Å². The summed E-state index contributed by atoms with van der Waals surface area (Å²) in [6, 6.07) is -1.52. The van der Waals surface area contributed by atoms with Crippen molar-refractivity contribution in [2.45, 2.75) is 54.1 Å².